The van der Waals surface area contributed by atoms with Crippen LogP contribution >= 0.6 is 0 Å². The summed E-state index contributed by atoms with van der Waals surface area (Å²) in [4.78, 5) is 16.0. The lowest BCUT2D eigenvalue weighted by Gasteiger charge is -2.16. The molecule has 0 atom stereocenters. The van der Waals surface area contributed by atoms with Crippen LogP contribution in [0.3, 0.4) is 0 Å². The zero-order valence-electron chi connectivity index (χ0n) is 14.2. The number of hydrogen-bond donors (Lipinski definition) is 2. The number of carboxylic acids is 1. The standard InChI is InChI=1S/C19H18N2O4/c1-11-10-14(21-13-7-5-4-6-12(13)19(22)23)17-15(24-2)8-9-16(25-3)18(17)20-11/h4-10H,1-3H3,(H,20,21)(H,22,23). The van der Waals surface area contributed by atoms with E-state index in [2.05, 4.69) is 10.3 Å². The van der Waals surface area contributed by atoms with Gasteiger partial charge in [0.15, 0.2) is 0 Å². The molecule has 0 aliphatic heterocycles. The van der Waals surface area contributed by atoms with Crippen LogP contribution in [-0.2, 0) is 0 Å². The number of fused-ring (bicyclic) bond motifs is 1. The normalized spacial score (nSPS) is 10.5. The first kappa shape index (κ1) is 16.6. The number of nitrogens with one attached hydrogen (secondary N) is 1. The van der Waals surface area contributed by atoms with Crippen LogP contribution in [0.5, 0.6) is 11.5 Å². The maximum Gasteiger partial charge on any atom is 0.337 e. The molecule has 2 N–H and O–H groups in total. The molecule has 0 spiro atoms. The Bertz CT molecular complexity index is 954. The Morgan fingerprint density at radius 3 is 2.40 bits per heavy atom. The van der Waals surface area contributed by atoms with E-state index in [9.17, 15) is 9.90 Å². The Morgan fingerprint density at radius 1 is 1.04 bits per heavy atom. The third-order valence-corrected chi connectivity index (χ3v) is 3.88. The minimum Gasteiger partial charge on any atom is -0.496 e. The van der Waals surface area contributed by atoms with Crippen LogP contribution in [0, 0.1) is 6.92 Å². The largest absolute Gasteiger partial charge is 0.496 e. The number of anilines is 2. The number of pyridine rings is 1. The second kappa shape index (κ2) is 6.68. The molecule has 3 rings (SSSR count). The van der Waals surface area contributed by atoms with E-state index in [-0.39, 0.29) is 5.56 Å². The summed E-state index contributed by atoms with van der Waals surface area (Å²) in [6.45, 7) is 1.87. The summed E-state index contributed by atoms with van der Waals surface area (Å²) >= 11 is 0. The smallest absolute Gasteiger partial charge is 0.337 e. The van der Waals surface area contributed by atoms with E-state index in [4.69, 9.17) is 9.47 Å². The molecule has 1 heterocycles. The highest BCUT2D eigenvalue weighted by Gasteiger charge is 2.16. The average molecular weight is 338 g/mol. The van der Waals surface area contributed by atoms with Gasteiger partial charge in [-0.15, -0.1) is 0 Å². The van der Waals surface area contributed by atoms with Gasteiger partial charge in [-0.2, -0.15) is 0 Å². The van der Waals surface area contributed by atoms with E-state index in [1.54, 1.807) is 50.6 Å². The number of aromatic carboxylic acids is 1. The summed E-state index contributed by atoms with van der Waals surface area (Å²) in [5.74, 6) is 0.246. The summed E-state index contributed by atoms with van der Waals surface area (Å²) in [6.07, 6.45) is 0. The van der Waals surface area contributed by atoms with Crippen molar-refractivity contribution in [1.82, 2.24) is 4.98 Å². The molecular weight excluding hydrogens is 320 g/mol. The molecule has 0 radical (unpaired) electrons. The summed E-state index contributed by atoms with van der Waals surface area (Å²) < 4.78 is 10.9. The summed E-state index contributed by atoms with van der Waals surface area (Å²) in [6, 6.07) is 12.2. The molecule has 0 amide bonds. The van der Waals surface area contributed by atoms with Gasteiger partial charge in [-0.25, -0.2) is 9.78 Å². The molecule has 128 valence electrons. The fourth-order valence-corrected chi connectivity index (χ4v) is 2.77. The Kier molecular flexibility index (Phi) is 4.43. The zero-order chi connectivity index (χ0) is 18.0. The van der Waals surface area contributed by atoms with Crippen LogP contribution < -0.4 is 14.8 Å². The molecule has 0 saturated heterocycles. The van der Waals surface area contributed by atoms with Crippen molar-refractivity contribution in [2.24, 2.45) is 0 Å². The molecule has 6 heteroatoms. The Labute approximate surface area is 145 Å². The van der Waals surface area contributed by atoms with Crippen molar-refractivity contribution in [3.05, 3.63) is 53.7 Å². The van der Waals surface area contributed by atoms with Gasteiger partial charge in [-0.05, 0) is 37.3 Å². The first-order valence-electron chi connectivity index (χ1n) is 7.67. The molecule has 0 bridgehead atoms. The number of methoxy groups -OCH3 is 2. The van der Waals surface area contributed by atoms with E-state index in [0.717, 1.165) is 11.1 Å². The van der Waals surface area contributed by atoms with Gasteiger partial charge in [-0.3, -0.25) is 0 Å². The lowest BCUT2D eigenvalue weighted by atomic mass is 10.1. The number of carboxylic acid groups (broad SMARTS) is 1. The quantitative estimate of drug-likeness (QED) is 0.732. The van der Waals surface area contributed by atoms with Crippen molar-refractivity contribution >= 4 is 28.2 Å². The second-order valence-electron chi connectivity index (χ2n) is 5.48. The molecule has 0 saturated carbocycles. The summed E-state index contributed by atoms with van der Waals surface area (Å²) in [5, 5.41) is 13.3. The number of ether oxygens (including phenoxy) is 2. The minimum absolute atomic E-state index is 0.187. The number of para-hydroxylation sites is 1. The predicted molar refractivity (Wildman–Crippen MR) is 96.3 cm³/mol. The fourth-order valence-electron chi connectivity index (χ4n) is 2.77. The number of rotatable bonds is 5. The van der Waals surface area contributed by atoms with E-state index in [1.165, 1.54) is 0 Å². The highest BCUT2D eigenvalue weighted by Crippen LogP contribution is 2.38. The SMILES string of the molecule is COc1ccc(OC)c2c(Nc3ccccc3C(=O)O)cc(C)nc12. The van der Waals surface area contributed by atoms with Gasteiger partial charge in [0, 0.05) is 5.69 Å². The maximum atomic E-state index is 11.5. The number of aromatic nitrogens is 1. The van der Waals surface area contributed by atoms with E-state index in [0.29, 0.717) is 28.4 Å². The third kappa shape index (κ3) is 3.06. The molecule has 0 unspecified atom stereocenters. The molecule has 25 heavy (non-hydrogen) atoms. The minimum atomic E-state index is -0.997. The van der Waals surface area contributed by atoms with Crippen molar-refractivity contribution in [3.8, 4) is 11.5 Å². The van der Waals surface area contributed by atoms with Crippen LogP contribution in [-0.4, -0.2) is 30.3 Å². The van der Waals surface area contributed by atoms with Gasteiger partial charge in [0.1, 0.15) is 17.0 Å². The maximum absolute atomic E-state index is 11.5. The molecule has 0 aliphatic carbocycles. The number of benzene rings is 2. The lowest BCUT2D eigenvalue weighted by Crippen LogP contribution is -2.04. The van der Waals surface area contributed by atoms with Gasteiger partial charge < -0.3 is 19.9 Å². The molecule has 6 nitrogen and oxygen atoms in total. The molecule has 1 aromatic heterocycles. The molecule has 3 aromatic rings. The van der Waals surface area contributed by atoms with Gasteiger partial charge in [-0.1, -0.05) is 12.1 Å². The summed E-state index contributed by atoms with van der Waals surface area (Å²) in [7, 11) is 3.16. The number of carbonyl (C=O) groups is 1. The highest BCUT2D eigenvalue weighted by atomic mass is 16.5. The zero-order valence-corrected chi connectivity index (χ0v) is 14.2. The Morgan fingerprint density at radius 2 is 1.72 bits per heavy atom. The van der Waals surface area contributed by atoms with Crippen LogP contribution in [0.15, 0.2) is 42.5 Å². The number of hydrogen-bond acceptors (Lipinski definition) is 5. The van der Waals surface area contributed by atoms with Crippen LogP contribution in [0.2, 0.25) is 0 Å². The topological polar surface area (TPSA) is 80.7 Å². The van der Waals surface area contributed by atoms with E-state index in [1.807, 2.05) is 13.0 Å². The predicted octanol–water partition coefficient (Wildman–Crippen LogP) is 4.00. The lowest BCUT2D eigenvalue weighted by molar-refractivity contribution is 0.0698. The van der Waals surface area contributed by atoms with E-state index < -0.39 is 5.97 Å². The van der Waals surface area contributed by atoms with Crippen LogP contribution in [0.4, 0.5) is 11.4 Å². The second-order valence-corrected chi connectivity index (χ2v) is 5.48. The van der Waals surface area contributed by atoms with Crippen molar-refractivity contribution in [2.45, 2.75) is 6.92 Å². The molecule has 0 aliphatic rings. The van der Waals surface area contributed by atoms with Crippen LogP contribution in [0.1, 0.15) is 16.1 Å². The Balaban J connectivity index is 2.25. The highest BCUT2D eigenvalue weighted by molar-refractivity contribution is 6.03. The van der Waals surface area contributed by atoms with Gasteiger partial charge in [0.05, 0.1) is 36.5 Å². The van der Waals surface area contributed by atoms with Gasteiger partial charge in [0.25, 0.3) is 0 Å². The third-order valence-electron chi connectivity index (χ3n) is 3.88. The Hall–Kier alpha value is -3.28. The van der Waals surface area contributed by atoms with Gasteiger partial charge in [0.2, 0.25) is 0 Å². The van der Waals surface area contributed by atoms with Crippen molar-refractivity contribution in [1.29, 1.82) is 0 Å². The molecular formula is C19H18N2O4. The first-order valence-corrected chi connectivity index (χ1v) is 7.67. The average Bonchev–Trinajstić information content (AvgIpc) is 2.60. The summed E-state index contributed by atoms with van der Waals surface area (Å²) in [5.41, 5.74) is 2.80. The van der Waals surface area contributed by atoms with Gasteiger partial charge >= 0.3 is 5.97 Å². The van der Waals surface area contributed by atoms with Crippen LogP contribution in [0.25, 0.3) is 10.9 Å². The molecule has 0 fully saturated rings. The van der Waals surface area contributed by atoms with Crippen molar-refractivity contribution < 1.29 is 19.4 Å². The molecule has 2 aromatic carbocycles. The first-order chi connectivity index (χ1) is 12.0. The van der Waals surface area contributed by atoms with E-state index >= 15 is 0 Å². The van der Waals surface area contributed by atoms with Crippen molar-refractivity contribution in [2.75, 3.05) is 19.5 Å². The van der Waals surface area contributed by atoms with Crippen molar-refractivity contribution in [3.63, 3.8) is 0 Å². The number of nitrogens with zero attached hydrogens (tertiary/aromatic N) is 1. The monoisotopic (exact) mass is 338 g/mol. The fraction of sp³-hybridized carbons (Fsp3) is 0.158. The number of aryl methyl sites for hydroxylation is 1.